The standard InChI is InChI=1S/C8H13FO/c1-5(2)7(10)8(3)4-6(8)9/h6-7,10H,1,4H2,2-3H3. The maximum Gasteiger partial charge on any atom is 0.109 e. The van der Waals surface area contributed by atoms with Crippen LogP contribution >= 0.6 is 0 Å². The molecule has 0 amide bonds. The van der Waals surface area contributed by atoms with Crippen molar-refractivity contribution in [3.8, 4) is 0 Å². The molecule has 0 heterocycles. The molecule has 1 rings (SSSR count). The molecule has 0 spiro atoms. The Morgan fingerprint density at radius 1 is 1.90 bits per heavy atom. The van der Waals surface area contributed by atoms with E-state index in [0.717, 1.165) is 0 Å². The molecule has 0 aromatic rings. The number of halogens is 1. The van der Waals surface area contributed by atoms with Crippen LogP contribution in [0, 0.1) is 5.41 Å². The highest BCUT2D eigenvalue weighted by atomic mass is 19.1. The minimum Gasteiger partial charge on any atom is -0.388 e. The van der Waals surface area contributed by atoms with Crippen molar-refractivity contribution in [3.63, 3.8) is 0 Å². The minimum absolute atomic E-state index is 0.473. The zero-order valence-electron chi connectivity index (χ0n) is 6.39. The van der Waals surface area contributed by atoms with Crippen LogP contribution in [0.3, 0.4) is 0 Å². The van der Waals surface area contributed by atoms with Crippen molar-refractivity contribution >= 4 is 0 Å². The average molecular weight is 144 g/mol. The monoisotopic (exact) mass is 144 g/mol. The predicted octanol–water partition coefficient (Wildman–Crippen LogP) is 1.67. The maximum absolute atomic E-state index is 12.6. The van der Waals surface area contributed by atoms with E-state index in [1.54, 1.807) is 13.8 Å². The van der Waals surface area contributed by atoms with Gasteiger partial charge in [-0.3, -0.25) is 0 Å². The molecule has 0 aliphatic heterocycles. The molecule has 10 heavy (non-hydrogen) atoms. The fourth-order valence-electron chi connectivity index (χ4n) is 1.17. The van der Waals surface area contributed by atoms with Crippen molar-refractivity contribution in [1.29, 1.82) is 0 Å². The molecule has 0 aromatic heterocycles. The number of alkyl halides is 1. The van der Waals surface area contributed by atoms with Crippen molar-refractivity contribution < 1.29 is 9.50 Å². The Hall–Kier alpha value is -0.370. The van der Waals surface area contributed by atoms with Gasteiger partial charge in [0.25, 0.3) is 0 Å². The van der Waals surface area contributed by atoms with E-state index in [1.807, 2.05) is 0 Å². The zero-order chi connectivity index (χ0) is 7.94. The normalized spacial score (nSPS) is 41.0. The van der Waals surface area contributed by atoms with E-state index >= 15 is 0 Å². The summed E-state index contributed by atoms with van der Waals surface area (Å²) in [6.45, 7) is 7.05. The van der Waals surface area contributed by atoms with Crippen LogP contribution in [0.25, 0.3) is 0 Å². The van der Waals surface area contributed by atoms with Gasteiger partial charge in [0.05, 0.1) is 6.10 Å². The molecule has 0 saturated heterocycles. The second kappa shape index (κ2) is 2.06. The number of aliphatic hydroxyl groups is 1. The van der Waals surface area contributed by atoms with E-state index in [4.69, 9.17) is 0 Å². The smallest absolute Gasteiger partial charge is 0.109 e. The van der Waals surface area contributed by atoms with Gasteiger partial charge < -0.3 is 5.11 Å². The van der Waals surface area contributed by atoms with Crippen molar-refractivity contribution in [3.05, 3.63) is 12.2 Å². The number of hydrogen-bond acceptors (Lipinski definition) is 1. The van der Waals surface area contributed by atoms with Gasteiger partial charge in [-0.05, 0) is 13.3 Å². The summed E-state index contributed by atoms with van der Waals surface area (Å²) in [4.78, 5) is 0. The lowest BCUT2D eigenvalue weighted by atomic mass is 9.96. The zero-order valence-corrected chi connectivity index (χ0v) is 6.39. The van der Waals surface area contributed by atoms with Gasteiger partial charge in [-0.1, -0.05) is 19.1 Å². The quantitative estimate of drug-likeness (QED) is 0.584. The summed E-state index contributed by atoms with van der Waals surface area (Å²) >= 11 is 0. The van der Waals surface area contributed by atoms with Crippen LogP contribution in [-0.2, 0) is 0 Å². The van der Waals surface area contributed by atoms with Crippen molar-refractivity contribution in [1.82, 2.24) is 0 Å². The molecule has 1 aliphatic carbocycles. The summed E-state index contributed by atoms with van der Waals surface area (Å²) in [6, 6.07) is 0. The summed E-state index contributed by atoms with van der Waals surface area (Å²) in [5.74, 6) is 0. The molecule has 1 saturated carbocycles. The van der Waals surface area contributed by atoms with Crippen LogP contribution in [0.1, 0.15) is 20.3 Å². The molecule has 1 nitrogen and oxygen atoms in total. The van der Waals surface area contributed by atoms with Gasteiger partial charge in [0.15, 0.2) is 0 Å². The summed E-state index contributed by atoms with van der Waals surface area (Å²) in [5.41, 5.74) is 0.133. The van der Waals surface area contributed by atoms with E-state index in [9.17, 15) is 9.50 Å². The third-order valence-corrected chi connectivity index (χ3v) is 2.27. The Labute approximate surface area is 60.6 Å². The Kier molecular flexibility index (Phi) is 1.59. The molecular formula is C8H13FO. The van der Waals surface area contributed by atoms with Crippen LogP contribution in [-0.4, -0.2) is 17.4 Å². The highest BCUT2D eigenvalue weighted by Gasteiger charge is 2.56. The SMILES string of the molecule is C=C(C)C(O)C1(C)CC1F. The van der Waals surface area contributed by atoms with Crippen LogP contribution in [0.2, 0.25) is 0 Å². The third-order valence-electron chi connectivity index (χ3n) is 2.27. The molecule has 1 aliphatic rings. The first kappa shape index (κ1) is 7.73. The summed E-state index contributed by atoms with van der Waals surface area (Å²) in [6.07, 6.45) is -1.03. The van der Waals surface area contributed by atoms with Gasteiger partial charge >= 0.3 is 0 Å². The van der Waals surface area contributed by atoms with Gasteiger partial charge in [-0.2, -0.15) is 0 Å². The highest BCUT2D eigenvalue weighted by Crippen LogP contribution is 2.52. The Bertz CT molecular complexity index is 167. The van der Waals surface area contributed by atoms with E-state index in [0.29, 0.717) is 12.0 Å². The summed E-state index contributed by atoms with van der Waals surface area (Å²) in [7, 11) is 0. The number of aliphatic hydroxyl groups excluding tert-OH is 1. The molecule has 3 atom stereocenters. The second-order valence-corrected chi connectivity index (χ2v) is 3.43. The first-order valence-electron chi connectivity index (χ1n) is 3.46. The highest BCUT2D eigenvalue weighted by molar-refractivity contribution is 5.15. The first-order valence-corrected chi connectivity index (χ1v) is 3.46. The van der Waals surface area contributed by atoms with Crippen molar-refractivity contribution in [2.45, 2.75) is 32.5 Å². The molecular weight excluding hydrogens is 131 g/mol. The van der Waals surface area contributed by atoms with E-state index in [-0.39, 0.29) is 0 Å². The molecule has 1 fully saturated rings. The first-order chi connectivity index (χ1) is 4.48. The van der Waals surface area contributed by atoms with E-state index in [1.165, 1.54) is 0 Å². The fraction of sp³-hybridized carbons (Fsp3) is 0.750. The summed E-state index contributed by atoms with van der Waals surface area (Å²) in [5, 5.41) is 9.36. The van der Waals surface area contributed by atoms with Crippen LogP contribution in [0.15, 0.2) is 12.2 Å². The van der Waals surface area contributed by atoms with Gasteiger partial charge in [-0.25, -0.2) is 4.39 Å². The molecule has 0 aromatic carbocycles. The van der Waals surface area contributed by atoms with Crippen LogP contribution < -0.4 is 0 Å². The number of rotatable bonds is 2. The Balaban J connectivity index is 2.58. The maximum atomic E-state index is 12.6. The van der Waals surface area contributed by atoms with Gasteiger partial charge in [0.1, 0.15) is 6.17 Å². The van der Waals surface area contributed by atoms with Gasteiger partial charge in [0, 0.05) is 5.41 Å². The molecule has 3 unspecified atom stereocenters. The van der Waals surface area contributed by atoms with Crippen molar-refractivity contribution in [2.75, 3.05) is 0 Å². The fourth-order valence-corrected chi connectivity index (χ4v) is 1.17. The Morgan fingerprint density at radius 3 is 2.40 bits per heavy atom. The predicted molar refractivity (Wildman–Crippen MR) is 38.4 cm³/mol. The molecule has 0 bridgehead atoms. The lowest BCUT2D eigenvalue weighted by Gasteiger charge is -2.16. The molecule has 58 valence electrons. The lowest BCUT2D eigenvalue weighted by molar-refractivity contribution is 0.120. The largest absolute Gasteiger partial charge is 0.388 e. The van der Waals surface area contributed by atoms with Crippen LogP contribution in [0.4, 0.5) is 4.39 Å². The third kappa shape index (κ3) is 0.966. The van der Waals surface area contributed by atoms with E-state index in [2.05, 4.69) is 6.58 Å². The summed E-state index contributed by atoms with van der Waals surface area (Å²) < 4.78 is 12.6. The molecule has 1 N–H and O–H groups in total. The Morgan fingerprint density at radius 2 is 2.30 bits per heavy atom. The van der Waals surface area contributed by atoms with Gasteiger partial charge in [-0.15, -0.1) is 0 Å². The minimum atomic E-state index is -0.834. The molecule has 0 radical (unpaired) electrons. The lowest BCUT2D eigenvalue weighted by Crippen LogP contribution is -2.21. The van der Waals surface area contributed by atoms with Crippen molar-refractivity contribution in [2.24, 2.45) is 5.41 Å². The van der Waals surface area contributed by atoms with E-state index < -0.39 is 17.7 Å². The number of hydrogen-bond donors (Lipinski definition) is 1. The van der Waals surface area contributed by atoms with Crippen LogP contribution in [0.5, 0.6) is 0 Å². The van der Waals surface area contributed by atoms with Gasteiger partial charge in [0.2, 0.25) is 0 Å². The second-order valence-electron chi connectivity index (χ2n) is 3.43. The molecule has 2 heteroatoms. The average Bonchev–Trinajstić information content (AvgIpc) is 2.41. The topological polar surface area (TPSA) is 20.2 Å².